The molecule has 160 valence electrons. The lowest BCUT2D eigenvalue weighted by atomic mass is 10.1. The number of carbonyl (C=O) groups excluding carboxylic acids is 1. The maximum absolute atomic E-state index is 11.9. The predicted octanol–water partition coefficient (Wildman–Crippen LogP) is 4.77. The highest BCUT2D eigenvalue weighted by Gasteiger charge is 2.07. The van der Waals surface area contributed by atoms with Crippen molar-refractivity contribution < 1.29 is 19.0 Å². The zero-order chi connectivity index (χ0) is 22.1. The van der Waals surface area contributed by atoms with Crippen molar-refractivity contribution in [1.29, 1.82) is 0 Å². The van der Waals surface area contributed by atoms with E-state index >= 15 is 0 Å². The van der Waals surface area contributed by atoms with E-state index in [9.17, 15) is 4.79 Å². The summed E-state index contributed by atoms with van der Waals surface area (Å²) in [5, 5.41) is 4.56. The van der Waals surface area contributed by atoms with Gasteiger partial charge in [0.25, 0.3) is 5.91 Å². The average molecular weight is 439 g/mol. The molecule has 0 radical (unpaired) electrons. The second-order valence-corrected chi connectivity index (χ2v) is 7.10. The largest absolute Gasteiger partial charge is 0.493 e. The Morgan fingerprint density at radius 2 is 1.81 bits per heavy atom. The fraction of sp³-hybridized carbons (Fsp3) is 0.167. The maximum Gasteiger partial charge on any atom is 0.277 e. The minimum atomic E-state index is -0.378. The molecule has 3 aromatic carbocycles. The van der Waals surface area contributed by atoms with E-state index in [4.69, 9.17) is 25.8 Å². The molecule has 0 aliphatic carbocycles. The first kappa shape index (κ1) is 22.2. The molecule has 0 heterocycles. The fourth-order valence-electron chi connectivity index (χ4n) is 2.70. The van der Waals surface area contributed by atoms with Gasteiger partial charge in [0, 0.05) is 5.02 Å². The molecule has 3 aromatic rings. The molecular formula is C24H23ClN2O4. The minimum absolute atomic E-state index is 0.159. The zero-order valence-electron chi connectivity index (χ0n) is 17.3. The third kappa shape index (κ3) is 6.76. The number of nitrogens with one attached hydrogen (secondary N) is 1. The molecule has 7 heteroatoms. The van der Waals surface area contributed by atoms with Crippen LogP contribution in [0.3, 0.4) is 0 Å². The number of methoxy groups -OCH3 is 1. The quantitative estimate of drug-likeness (QED) is 0.386. The number of amides is 1. The van der Waals surface area contributed by atoms with Gasteiger partial charge >= 0.3 is 0 Å². The van der Waals surface area contributed by atoms with Crippen molar-refractivity contribution in [2.75, 3.05) is 13.7 Å². The van der Waals surface area contributed by atoms with E-state index in [0.717, 1.165) is 11.1 Å². The predicted molar refractivity (Wildman–Crippen MR) is 121 cm³/mol. The van der Waals surface area contributed by atoms with E-state index in [1.807, 2.05) is 43.3 Å². The Kier molecular flexibility index (Phi) is 7.90. The highest BCUT2D eigenvalue weighted by Crippen LogP contribution is 2.28. The number of carbonyl (C=O) groups is 1. The van der Waals surface area contributed by atoms with Gasteiger partial charge in [0.1, 0.15) is 12.4 Å². The third-order valence-corrected chi connectivity index (χ3v) is 4.67. The first-order valence-electron chi connectivity index (χ1n) is 9.61. The summed E-state index contributed by atoms with van der Waals surface area (Å²) in [5.41, 5.74) is 5.45. The molecule has 31 heavy (non-hydrogen) atoms. The van der Waals surface area contributed by atoms with Crippen LogP contribution in [0.15, 0.2) is 71.8 Å². The first-order chi connectivity index (χ1) is 15.0. The summed E-state index contributed by atoms with van der Waals surface area (Å²) in [6.07, 6.45) is 1.52. The molecule has 0 aliphatic rings. The van der Waals surface area contributed by atoms with Crippen molar-refractivity contribution in [3.63, 3.8) is 0 Å². The number of nitrogens with zero attached hydrogens (tertiary/aromatic N) is 1. The molecule has 6 nitrogen and oxygen atoms in total. The Bertz CT molecular complexity index is 1050. The van der Waals surface area contributed by atoms with Crippen LogP contribution < -0.4 is 19.6 Å². The molecule has 0 saturated heterocycles. The van der Waals surface area contributed by atoms with Gasteiger partial charge in [-0.25, -0.2) is 5.43 Å². The lowest BCUT2D eigenvalue weighted by Gasteiger charge is -2.12. The van der Waals surface area contributed by atoms with E-state index < -0.39 is 0 Å². The molecule has 1 N–H and O–H groups in total. The second-order valence-electron chi connectivity index (χ2n) is 6.66. The van der Waals surface area contributed by atoms with Gasteiger partial charge in [0.15, 0.2) is 18.1 Å². The Morgan fingerprint density at radius 3 is 2.55 bits per heavy atom. The minimum Gasteiger partial charge on any atom is -0.493 e. The van der Waals surface area contributed by atoms with Crippen LogP contribution in [0.2, 0.25) is 5.02 Å². The molecular weight excluding hydrogens is 416 g/mol. The smallest absolute Gasteiger partial charge is 0.277 e. The molecule has 0 unspecified atom stereocenters. The SMILES string of the molecule is COc1cc(/C=N/NC(=O)COc2ccc(Cl)cc2)ccc1OCc1ccccc1C. The van der Waals surface area contributed by atoms with Crippen LogP contribution in [0.1, 0.15) is 16.7 Å². The highest BCUT2D eigenvalue weighted by atomic mass is 35.5. The van der Waals surface area contributed by atoms with E-state index in [-0.39, 0.29) is 12.5 Å². The summed E-state index contributed by atoms with van der Waals surface area (Å²) in [6.45, 7) is 2.33. The summed E-state index contributed by atoms with van der Waals surface area (Å²) in [7, 11) is 1.58. The number of benzene rings is 3. The number of ether oxygens (including phenoxy) is 3. The highest BCUT2D eigenvalue weighted by molar-refractivity contribution is 6.30. The van der Waals surface area contributed by atoms with Crippen molar-refractivity contribution in [2.24, 2.45) is 5.10 Å². The van der Waals surface area contributed by atoms with Crippen LogP contribution in [-0.2, 0) is 11.4 Å². The number of hydrazone groups is 1. The van der Waals surface area contributed by atoms with Gasteiger partial charge < -0.3 is 14.2 Å². The normalized spacial score (nSPS) is 10.7. The summed E-state index contributed by atoms with van der Waals surface area (Å²) in [5.74, 6) is 1.38. The average Bonchev–Trinajstić information content (AvgIpc) is 2.78. The van der Waals surface area contributed by atoms with E-state index in [2.05, 4.69) is 10.5 Å². The molecule has 0 aliphatic heterocycles. The van der Waals surface area contributed by atoms with Crippen molar-refractivity contribution in [2.45, 2.75) is 13.5 Å². The Hall–Kier alpha value is -3.51. The summed E-state index contributed by atoms with van der Waals surface area (Å²) >= 11 is 5.81. The third-order valence-electron chi connectivity index (χ3n) is 4.42. The topological polar surface area (TPSA) is 69.2 Å². The number of hydrogen-bond donors (Lipinski definition) is 1. The number of hydrogen-bond acceptors (Lipinski definition) is 5. The Labute approximate surface area is 186 Å². The molecule has 0 spiro atoms. The summed E-state index contributed by atoms with van der Waals surface area (Å²) in [6, 6.07) is 20.2. The number of halogens is 1. The van der Waals surface area contributed by atoms with Gasteiger partial charge in [-0.3, -0.25) is 4.79 Å². The number of aryl methyl sites for hydroxylation is 1. The maximum atomic E-state index is 11.9. The van der Waals surface area contributed by atoms with Gasteiger partial charge in [-0.15, -0.1) is 0 Å². The van der Waals surface area contributed by atoms with Crippen LogP contribution >= 0.6 is 11.6 Å². The Balaban J connectivity index is 1.52. The zero-order valence-corrected chi connectivity index (χ0v) is 18.1. The van der Waals surface area contributed by atoms with Crippen molar-refractivity contribution in [3.8, 4) is 17.2 Å². The van der Waals surface area contributed by atoms with E-state index in [0.29, 0.717) is 28.9 Å². The molecule has 0 fully saturated rings. The van der Waals surface area contributed by atoms with Crippen molar-refractivity contribution in [1.82, 2.24) is 5.43 Å². The molecule has 3 rings (SSSR count). The van der Waals surface area contributed by atoms with Gasteiger partial charge in [0.2, 0.25) is 0 Å². The Morgan fingerprint density at radius 1 is 1.03 bits per heavy atom. The number of rotatable bonds is 9. The van der Waals surface area contributed by atoms with Gasteiger partial charge in [-0.2, -0.15) is 5.10 Å². The van der Waals surface area contributed by atoms with Gasteiger partial charge in [-0.05, 0) is 66.1 Å². The van der Waals surface area contributed by atoms with Crippen LogP contribution in [0.4, 0.5) is 0 Å². The standard InChI is InChI=1S/C24H23ClN2O4/c1-17-5-3-4-6-19(17)15-31-22-12-7-18(13-23(22)29-2)14-26-27-24(28)16-30-21-10-8-20(25)9-11-21/h3-14H,15-16H2,1-2H3,(H,27,28)/b26-14+. The van der Waals surface area contributed by atoms with E-state index in [1.54, 1.807) is 37.4 Å². The fourth-order valence-corrected chi connectivity index (χ4v) is 2.83. The monoisotopic (exact) mass is 438 g/mol. The summed E-state index contributed by atoms with van der Waals surface area (Å²) in [4.78, 5) is 11.9. The van der Waals surface area contributed by atoms with Crippen LogP contribution in [0.25, 0.3) is 0 Å². The van der Waals surface area contributed by atoms with Crippen molar-refractivity contribution >= 4 is 23.7 Å². The molecule has 0 bridgehead atoms. The molecule has 1 amide bonds. The molecule has 0 saturated carbocycles. The lowest BCUT2D eigenvalue weighted by molar-refractivity contribution is -0.123. The first-order valence-corrected chi connectivity index (χ1v) is 9.98. The lowest BCUT2D eigenvalue weighted by Crippen LogP contribution is -2.24. The van der Waals surface area contributed by atoms with E-state index in [1.165, 1.54) is 11.8 Å². The van der Waals surface area contributed by atoms with Crippen LogP contribution in [-0.4, -0.2) is 25.8 Å². The molecule has 0 aromatic heterocycles. The van der Waals surface area contributed by atoms with Gasteiger partial charge in [-0.1, -0.05) is 35.9 Å². The van der Waals surface area contributed by atoms with Gasteiger partial charge in [0.05, 0.1) is 13.3 Å². The van der Waals surface area contributed by atoms with Crippen LogP contribution in [0, 0.1) is 6.92 Å². The summed E-state index contributed by atoms with van der Waals surface area (Å²) < 4.78 is 16.7. The van der Waals surface area contributed by atoms with Crippen LogP contribution in [0.5, 0.6) is 17.2 Å². The second kappa shape index (κ2) is 11.0. The molecule has 0 atom stereocenters. The van der Waals surface area contributed by atoms with Crippen molar-refractivity contribution in [3.05, 3.63) is 88.4 Å².